The van der Waals surface area contributed by atoms with Gasteiger partial charge >= 0.3 is 0 Å². The van der Waals surface area contributed by atoms with Gasteiger partial charge in [-0.1, -0.05) is 32.9 Å². The second kappa shape index (κ2) is 6.22. The minimum Gasteiger partial charge on any atom is -0.299 e. The first-order valence-corrected chi connectivity index (χ1v) is 7.10. The van der Waals surface area contributed by atoms with Crippen LogP contribution in [-0.4, -0.2) is 21.8 Å². The van der Waals surface area contributed by atoms with Crippen LogP contribution in [-0.2, 0) is 17.6 Å². The number of carbonyl (C=O) groups excluding carboxylic acids is 2. The fourth-order valence-corrected chi connectivity index (χ4v) is 2.00. The summed E-state index contributed by atoms with van der Waals surface area (Å²) < 4.78 is 12.9. The number of halogens is 1. The van der Waals surface area contributed by atoms with Gasteiger partial charge in [-0.05, 0) is 17.7 Å². The van der Waals surface area contributed by atoms with E-state index in [-0.39, 0.29) is 30.2 Å². The third-order valence-electron chi connectivity index (χ3n) is 3.46. The molecule has 0 aliphatic heterocycles. The number of Topliss-reactive ketones (excluding diaryl/α,β-unsaturated/α-hetero) is 2. The molecule has 0 fully saturated rings. The highest BCUT2D eigenvalue weighted by atomic mass is 19.1. The quantitative estimate of drug-likeness (QED) is 0.863. The van der Waals surface area contributed by atoms with E-state index in [4.69, 9.17) is 0 Å². The number of hydrogen-bond donors (Lipinski definition) is 1. The van der Waals surface area contributed by atoms with E-state index in [1.807, 2.05) is 20.8 Å². The number of nitrogens with zero attached hydrogens (tertiary/aromatic N) is 1. The van der Waals surface area contributed by atoms with Gasteiger partial charge in [0, 0.05) is 23.8 Å². The number of H-pyrrole nitrogens is 1. The van der Waals surface area contributed by atoms with Gasteiger partial charge in [-0.3, -0.25) is 14.7 Å². The fourth-order valence-electron chi connectivity index (χ4n) is 2.00. The van der Waals surface area contributed by atoms with Gasteiger partial charge < -0.3 is 0 Å². The standard InChI is InChI=1S/C17H19FN2O2/c1-17(2,3)15(22)9-12-10-19-20-16(12)14(21)8-11-4-6-13(18)7-5-11/h4-7,10H,8-9H2,1-3H3,(H,19,20). The number of ketones is 2. The van der Waals surface area contributed by atoms with Crippen LogP contribution in [0, 0.1) is 11.2 Å². The van der Waals surface area contributed by atoms with Gasteiger partial charge in [0.1, 0.15) is 17.3 Å². The zero-order chi connectivity index (χ0) is 16.3. The molecule has 116 valence electrons. The molecule has 0 saturated heterocycles. The summed E-state index contributed by atoms with van der Waals surface area (Å²) in [5.74, 6) is -0.459. The fraction of sp³-hybridized carbons (Fsp3) is 0.353. The van der Waals surface area contributed by atoms with E-state index >= 15 is 0 Å². The number of aromatic amines is 1. The van der Waals surface area contributed by atoms with E-state index in [0.717, 1.165) is 0 Å². The maximum Gasteiger partial charge on any atom is 0.185 e. The minimum atomic E-state index is -0.464. The number of nitrogens with one attached hydrogen (secondary N) is 1. The molecular weight excluding hydrogens is 283 g/mol. The monoisotopic (exact) mass is 302 g/mol. The zero-order valence-corrected chi connectivity index (χ0v) is 12.9. The van der Waals surface area contributed by atoms with Gasteiger partial charge in [0.2, 0.25) is 0 Å². The third kappa shape index (κ3) is 3.87. The minimum absolute atomic E-state index is 0.0460. The SMILES string of the molecule is CC(C)(C)C(=O)Cc1cn[nH]c1C(=O)Cc1ccc(F)cc1. The van der Waals surface area contributed by atoms with Crippen LogP contribution in [0.15, 0.2) is 30.5 Å². The van der Waals surface area contributed by atoms with Crippen molar-refractivity contribution in [1.29, 1.82) is 0 Å². The molecule has 2 aromatic rings. The molecule has 0 spiro atoms. The van der Waals surface area contributed by atoms with Crippen molar-refractivity contribution in [3.63, 3.8) is 0 Å². The Morgan fingerprint density at radius 1 is 1.14 bits per heavy atom. The Bertz CT molecular complexity index is 681. The summed E-state index contributed by atoms with van der Waals surface area (Å²) >= 11 is 0. The number of hydrogen-bond acceptors (Lipinski definition) is 3. The molecule has 2 rings (SSSR count). The van der Waals surface area contributed by atoms with Crippen LogP contribution in [0.1, 0.15) is 42.4 Å². The first kappa shape index (κ1) is 16.1. The molecule has 0 saturated carbocycles. The van der Waals surface area contributed by atoms with Crippen molar-refractivity contribution >= 4 is 11.6 Å². The molecule has 5 heteroatoms. The van der Waals surface area contributed by atoms with Crippen molar-refractivity contribution in [2.75, 3.05) is 0 Å². The molecule has 0 aliphatic rings. The summed E-state index contributed by atoms with van der Waals surface area (Å²) in [6, 6.07) is 5.78. The van der Waals surface area contributed by atoms with Crippen molar-refractivity contribution in [3.05, 3.63) is 53.1 Å². The van der Waals surface area contributed by atoms with Crippen LogP contribution in [0.4, 0.5) is 4.39 Å². The summed E-state index contributed by atoms with van der Waals surface area (Å²) in [7, 11) is 0. The van der Waals surface area contributed by atoms with E-state index in [2.05, 4.69) is 10.2 Å². The Balaban J connectivity index is 2.13. The van der Waals surface area contributed by atoms with E-state index in [1.54, 1.807) is 12.1 Å². The van der Waals surface area contributed by atoms with Gasteiger partial charge in [0.05, 0.1) is 6.20 Å². The molecule has 0 unspecified atom stereocenters. The Labute approximate surface area is 128 Å². The van der Waals surface area contributed by atoms with Crippen molar-refractivity contribution in [3.8, 4) is 0 Å². The van der Waals surface area contributed by atoms with Gasteiger partial charge in [-0.15, -0.1) is 0 Å². The van der Waals surface area contributed by atoms with Crippen LogP contribution in [0.5, 0.6) is 0 Å². The molecule has 1 aromatic carbocycles. The molecule has 22 heavy (non-hydrogen) atoms. The molecule has 0 bridgehead atoms. The predicted molar refractivity (Wildman–Crippen MR) is 81.2 cm³/mol. The van der Waals surface area contributed by atoms with Gasteiger partial charge in [0.15, 0.2) is 5.78 Å². The van der Waals surface area contributed by atoms with Crippen LogP contribution in [0.2, 0.25) is 0 Å². The molecular formula is C17H19FN2O2. The number of benzene rings is 1. The first-order chi connectivity index (χ1) is 10.3. The average Bonchev–Trinajstić information content (AvgIpc) is 2.88. The van der Waals surface area contributed by atoms with Gasteiger partial charge in [-0.2, -0.15) is 5.10 Å². The first-order valence-electron chi connectivity index (χ1n) is 7.10. The topological polar surface area (TPSA) is 62.8 Å². The molecule has 1 N–H and O–H groups in total. The second-order valence-corrected chi connectivity index (χ2v) is 6.35. The highest BCUT2D eigenvalue weighted by Crippen LogP contribution is 2.19. The smallest absolute Gasteiger partial charge is 0.185 e. The lowest BCUT2D eigenvalue weighted by molar-refractivity contribution is -0.125. The molecule has 1 heterocycles. The van der Waals surface area contributed by atoms with Crippen molar-refractivity contribution in [2.24, 2.45) is 5.41 Å². The number of rotatable bonds is 5. The summed E-state index contributed by atoms with van der Waals surface area (Å²) in [5.41, 5.74) is 1.21. The molecule has 0 amide bonds. The van der Waals surface area contributed by atoms with Crippen molar-refractivity contribution in [1.82, 2.24) is 10.2 Å². The summed E-state index contributed by atoms with van der Waals surface area (Å²) in [6.07, 6.45) is 1.82. The maximum absolute atomic E-state index is 12.9. The van der Waals surface area contributed by atoms with Crippen molar-refractivity contribution in [2.45, 2.75) is 33.6 Å². The van der Waals surface area contributed by atoms with E-state index in [1.165, 1.54) is 18.3 Å². The molecule has 1 aromatic heterocycles. The number of carbonyl (C=O) groups is 2. The van der Waals surface area contributed by atoms with Crippen molar-refractivity contribution < 1.29 is 14.0 Å². The largest absolute Gasteiger partial charge is 0.299 e. The highest BCUT2D eigenvalue weighted by molar-refractivity contribution is 5.98. The molecule has 0 atom stereocenters. The van der Waals surface area contributed by atoms with Crippen LogP contribution in [0.25, 0.3) is 0 Å². The van der Waals surface area contributed by atoms with Gasteiger partial charge in [-0.25, -0.2) is 4.39 Å². The average molecular weight is 302 g/mol. The Morgan fingerprint density at radius 3 is 2.36 bits per heavy atom. The van der Waals surface area contributed by atoms with E-state index in [9.17, 15) is 14.0 Å². The highest BCUT2D eigenvalue weighted by Gasteiger charge is 2.24. The third-order valence-corrected chi connectivity index (χ3v) is 3.46. The summed E-state index contributed by atoms with van der Waals surface area (Å²) in [5, 5.41) is 6.54. The summed E-state index contributed by atoms with van der Waals surface area (Å²) in [4.78, 5) is 24.4. The van der Waals surface area contributed by atoms with E-state index < -0.39 is 5.41 Å². The predicted octanol–water partition coefficient (Wildman–Crippen LogP) is 3.13. The Kier molecular flexibility index (Phi) is 4.54. The Morgan fingerprint density at radius 2 is 1.77 bits per heavy atom. The van der Waals surface area contributed by atoms with Gasteiger partial charge in [0.25, 0.3) is 0 Å². The van der Waals surface area contributed by atoms with Crippen LogP contribution >= 0.6 is 0 Å². The maximum atomic E-state index is 12.9. The lowest BCUT2D eigenvalue weighted by Gasteiger charge is -2.16. The summed E-state index contributed by atoms with van der Waals surface area (Å²) in [6.45, 7) is 5.53. The molecule has 0 radical (unpaired) electrons. The van der Waals surface area contributed by atoms with Crippen LogP contribution < -0.4 is 0 Å². The van der Waals surface area contributed by atoms with E-state index in [0.29, 0.717) is 16.8 Å². The lowest BCUT2D eigenvalue weighted by atomic mass is 9.87. The molecule has 4 nitrogen and oxygen atoms in total. The normalized spacial score (nSPS) is 11.5. The molecule has 0 aliphatic carbocycles. The second-order valence-electron chi connectivity index (χ2n) is 6.35. The zero-order valence-electron chi connectivity index (χ0n) is 12.9. The van der Waals surface area contributed by atoms with Crippen LogP contribution in [0.3, 0.4) is 0 Å². The number of aromatic nitrogens is 2. The lowest BCUT2D eigenvalue weighted by Crippen LogP contribution is -2.23. The Hall–Kier alpha value is -2.30.